The van der Waals surface area contributed by atoms with E-state index in [0.717, 1.165) is 6.54 Å². The summed E-state index contributed by atoms with van der Waals surface area (Å²) in [6, 6.07) is 0.205. The number of piperazine rings is 1. The van der Waals surface area contributed by atoms with Crippen LogP contribution in [0.15, 0.2) is 0 Å². The highest BCUT2D eigenvalue weighted by atomic mass is 16.6. The molecule has 1 fully saturated rings. The zero-order valence-corrected chi connectivity index (χ0v) is 11.3. The van der Waals surface area contributed by atoms with E-state index in [1.165, 1.54) is 0 Å². The van der Waals surface area contributed by atoms with Crippen LogP contribution in [0.5, 0.6) is 0 Å². The van der Waals surface area contributed by atoms with Gasteiger partial charge in [-0.25, -0.2) is 4.79 Å². The third-order valence-corrected chi connectivity index (χ3v) is 2.43. The van der Waals surface area contributed by atoms with Crippen LogP contribution in [0.2, 0.25) is 0 Å². The summed E-state index contributed by atoms with van der Waals surface area (Å²) < 4.78 is 10.7. The average molecular weight is 244 g/mol. The van der Waals surface area contributed by atoms with E-state index in [2.05, 4.69) is 5.32 Å². The zero-order chi connectivity index (χ0) is 12.9. The molecule has 0 aromatic rings. The van der Waals surface area contributed by atoms with Crippen LogP contribution >= 0.6 is 0 Å². The van der Waals surface area contributed by atoms with Crippen molar-refractivity contribution >= 4 is 6.09 Å². The third-order valence-electron chi connectivity index (χ3n) is 2.43. The van der Waals surface area contributed by atoms with E-state index in [4.69, 9.17) is 9.47 Å². The summed E-state index contributed by atoms with van der Waals surface area (Å²) in [6.45, 7) is 11.1. The molecule has 0 aliphatic carbocycles. The fourth-order valence-electron chi connectivity index (χ4n) is 1.69. The van der Waals surface area contributed by atoms with Crippen LogP contribution < -0.4 is 5.32 Å². The first-order valence-corrected chi connectivity index (χ1v) is 6.21. The maximum Gasteiger partial charge on any atom is 0.410 e. The average Bonchev–Trinajstić information content (AvgIpc) is 2.24. The molecule has 1 heterocycles. The molecule has 1 unspecified atom stereocenters. The Bertz CT molecular complexity index is 251. The van der Waals surface area contributed by atoms with Crippen molar-refractivity contribution < 1.29 is 14.3 Å². The predicted molar refractivity (Wildman–Crippen MR) is 66.1 cm³/mol. The zero-order valence-electron chi connectivity index (χ0n) is 11.3. The van der Waals surface area contributed by atoms with Crippen LogP contribution in [0, 0.1) is 0 Å². The normalized spacial score (nSPS) is 21.4. The lowest BCUT2D eigenvalue weighted by Crippen LogP contribution is -2.55. The van der Waals surface area contributed by atoms with E-state index in [9.17, 15) is 4.79 Å². The van der Waals surface area contributed by atoms with Crippen molar-refractivity contribution in [2.45, 2.75) is 39.3 Å². The topological polar surface area (TPSA) is 50.8 Å². The first kappa shape index (κ1) is 14.3. The van der Waals surface area contributed by atoms with Gasteiger partial charge in [-0.3, -0.25) is 0 Å². The van der Waals surface area contributed by atoms with Crippen LogP contribution in [0.25, 0.3) is 0 Å². The Labute approximate surface area is 103 Å². The number of hydrogen-bond acceptors (Lipinski definition) is 4. The summed E-state index contributed by atoms with van der Waals surface area (Å²) >= 11 is 0. The van der Waals surface area contributed by atoms with Gasteiger partial charge in [-0.15, -0.1) is 0 Å². The lowest BCUT2D eigenvalue weighted by molar-refractivity contribution is 0.0143. The van der Waals surface area contributed by atoms with Crippen molar-refractivity contribution in [3.05, 3.63) is 0 Å². The number of carbonyl (C=O) groups excluding carboxylic acids is 1. The number of ether oxygens (including phenoxy) is 2. The smallest absolute Gasteiger partial charge is 0.410 e. The van der Waals surface area contributed by atoms with Crippen molar-refractivity contribution in [2.75, 3.05) is 32.8 Å². The van der Waals surface area contributed by atoms with Gasteiger partial charge >= 0.3 is 6.09 Å². The maximum absolute atomic E-state index is 11.9. The van der Waals surface area contributed by atoms with Gasteiger partial charge < -0.3 is 19.7 Å². The van der Waals surface area contributed by atoms with Crippen LogP contribution in [-0.4, -0.2) is 55.5 Å². The van der Waals surface area contributed by atoms with Crippen molar-refractivity contribution in [1.29, 1.82) is 0 Å². The molecule has 100 valence electrons. The highest BCUT2D eigenvalue weighted by Crippen LogP contribution is 2.11. The Morgan fingerprint density at radius 3 is 2.76 bits per heavy atom. The summed E-state index contributed by atoms with van der Waals surface area (Å²) in [4.78, 5) is 13.6. The van der Waals surface area contributed by atoms with E-state index in [-0.39, 0.29) is 12.1 Å². The largest absolute Gasteiger partial charge is 0.444 e. The Morgan fingerprint density at radius 1 is 1.47 bits per heavy atom. The van der Waals surface area contributed by atoms with Gasteiger partial charge in [0.2, 0.25) is 0 Å². The summed E-state index contributed by atoms with van der Waals surface area (Å²) in [6.07, 6.45) is -0.236. The van der Waals surface area contributed by atoms with Gasteiger partial charge in [0.15, 0.2) is 0 Å². The van der Waals surface area contributed by atoms with Gasteiger partial charge in [-0.05, 0) is 27.7 Å². The predicted octanol–water partition coefficient (Wildman–Crippen LogP) is 1.23. The van der Waals surface area contributed by atoms with Crippen LogP contribution in [-0.2, 0) is 9.47 Å². The number of amides is 1. The molecule has 1 aliphatic rings. The summed E-state index contributed by atoms with van der Waals surface area (Å²) in [7, 11) is 0. The Balaban J connectivity index is 2.40. The second-order valence-electron chi connectivity index (χ2n) is 5.24. The molecule has 5 heteroatoms. The van der Waals surface area contributed by atoms with Crippen molar-refractivity contribution in [3.8, 4) is 0 Å². The quantitative estimate of drug-likeness (QED) is 0.811. The lowest BCUT2D eigenvalue weighted by Gasteiger charge is -2.34. The Kier molecular flexibility index (Phi) is 5.21. The molecule has 5 nitrogen and oxygen atoms in total. The molecular formula is C12H24N2O3. The SMILES string of the molecule is CCOCC1CN(C(=O)OC(C)(C)C)CCN1. The molecule has 1 atom stereocenters. The molecule has 0 spiro atoms. The summed E-state index contributed by atoms with van der Waals surface area (Å²) in [5, 5.41) is 3.33. The molecule has 0 radical (unpaired) electrons. The Morgan fingerprint density at radius 2 is 2.18 bits per heavy atom. The minimum atomic E-state index is -0.433. The molecule has 17 heavy (non-hydrogen) atoms. The molecular weight excluding hydrogens is 220 g/mol. The van der Waals surface area contributed by atoms with E-state index in [1.54, 1.807) is 4.90 Å². The molecule has 1 rings (SSSR count). The fraction of sp³-hybridized carbons (Fsp3) is 0.917. The van der Waals surface area contributed by atoms with E-state index in [0.29, 0.717) is 26.3 Å². The lowest BCUT2D eigenvalue weighted by atomic mass is 10.2. The number of hydrogen-bond donors (Lipinski definition) is 1. The first-order chi connectivity index (χ1) is 7.92. The number of nitrogens with zero attached hydrogens (tertiary/aromatic N) is 1. The fourth-order valence-corrected chi connectivity index (χ4v) is 1.69. The second kappa shape index (κ2) is 6.21. The highest BCUT2D eigenvalue weighted by Gasteiger charge is 2.27. The molecule has 1 saturated heterocycles. The van der Waals surface area contributed by atoms with E-state index >= 15 is 0 Å². The Hall–Kier alpha value is -0.810. The molecule has 1 aliphatic heterocycles. The molecule has 1 amide bonds. The van der Waals surface area contributed by atoms with Gasteiger partial charge in [0.1, 0.15) is 5.60 Å². The summed E-state index contributed by atoms with van der Waals surface area (Å²) in [5.41, 5.74) is -0.433. The minimum Gasteiger partial charge on any atom is -0.444 e. The van der Waals surface area contributed by atoms with Gasteiger partial charge in [0, 0.05) is 32.3 Å². The molecule has 0 aromatic heterocycles. The van der Waals surface area contributed by atoms with Gasteiger partial charge in [0.05, 0.1) is 6.61 Å². The van der Waals surface area contributed by atoms with Crippen LogP contribution in [0.3, 0.4) is 0 Å². The van der Waals surface area contributed by atoms with Crippen LogP contribution in [0.4, 0.5) is 4.79 Å². The van der Waals surface area contributed by atoms with E-state index in [1.807, 2.05) is 27.7 Å². The third kappa shape index (κ3) is 5.37. The standard InChI is InChI=1S/C12H24N2O3/c1-5-16-9-10-8-14(7-6-13-10)11(15)17-12(2,3)4/h10,13H,5-9H2,1-4H3. The second-order valence-corrected chi connectivity index (χ2v) is 5.24. The molecule has 1 N–H and O–H groups in total. The van der Waals surface area contributed by atoms with Gasteiger partial charge in [-0.1, -0.05) is 0 Å². The first-order valence-electron chi connectivity index (χ1n) is 6.21. The number of rotatable bonds is 3. The monoisotopic (exact) mass is 244 g/mol. The molecule has 0 saturated carbocycles. The van der Waals surface area contributed by atoms with Gasteiger partial charge in [-0.2, -0.15) is 0 Å². The molecule has 0 bridgehead atoms. The van der Waals surface area contributed by atoms with E-state index < -0.39 is 5.60 Å². The number of carbonyl (C=O) groups is 1. The van der Waals surface area contributed by atoms with Gasteiger partial charge in [0.25, 0.3) is 0 Å². The van der Waals surface area contributed by atoms with Crippen LogP contribution in [0.1, 0.15) is 27.7 Å². The maximum atomic E-state index is 11.9. The number of nitrogens with one attached hydrogen (secondary N) is 1. The summed E-state index contributed by atoms with van der Waals surface area (Å²) in [5.74, 6) is 0. The van der Waals surface area contributed by atoms with Crippen molar-refractivity contribution in [3.63, 3.8) is 0 Å². The van der Waals surface area contributed by atoms with Crippen molar-refractivity contribution in [1.82, 2.24) is 10.2 Å². The minimum absolute atomic E-state index is 0.205. The van der Waals surface area contributed by atoms with Crippen molar-refractivity contribution in [2.24, 2.45) is 0 Å². The highest BCUT2D eigenvalue weighted by molar-refractivity contribution is 5.68. The molecule has 0 aromatic carbocycles.